The van der Waals surface area contributed by atoms with Crippen molar-refractivity contribution in [2.75, 3.05) is 6.54 Å². The number of carbonyl (C=O) groups is 1. The van der Waals surface area contributed by atoms with Gasteiger partial charge in [-0.05, 0) is 41.0 Å². The molecule has 0 radical (unpaired) electrons. The third-order valence-corrected chi connectivity index (χ3v) is 3.40. The lowest BCUT2D eigenvalue weighted by atomic mass is 9.88. The molecule has 3 nitrogen and oxygen atoms in total. The minimum Gasteiger partial charge on any atom is -0.332 e. The van der Waals surface area contributed by atoms with Crippen molar-refractivity contribution in [2.24, 2.45) is 0 Å². The first-order chi connectivity index (χ1) is 6.72. The van der Waals surface area contributed by atoms with Gasteiger partial charge in [0.25, 0.3) is 0 Å². The molecule has 0 aromatic rings. The second-order valence-electron chi connectivity index (χ2n) is 5.72. The number of amides is 1. The van der Waals surface area contributed by atoms with Crippen LogP contribution in [0.1, 0.15) is 48.0 Å². The Morgan fingerprint density at radius 3 is 2.40 bits per heavy atom. The monoisotopic (exact) mass is 212 g/mol. The quantitative estimate of drug-likeness (QED) is 0.756. The first kappa shape index (κ1) is 12.5. The Morgan fingerprint density at radius 1 is 1.40 bits per heavy atom. The van der Waals surface area contributed by atoms with Crippen molar-refractivity contribution < 1.29 is 4.79 Å². The molecule has 0 spiro atoms. The van der Waals surface area contributed by atoms with Gasteiger partial charge < -0.3 is 10.2 Å². The Labute approximate surface area is 93.2 Å². The zero-order valence-electron chi connectivity index (χ0n) is 10.8. The molecular weight excluding hydrogens is 188 g/mol. The van der Waals surface area contributed by atoms with E-state index in [1.807, 2.05) is 18.7 Å². The highest BCUT2D eigenvalue weighted by Gasteiger charge is 2.45. The summed E-state index contributed by atoms with van der Waals surface area (Å²) in [6.45, 7) is 13.3. The fraction of sp³-hybridized carbons (Fsp3) is 0.917. The number of hydrogen-bond acceptors (Lipinski definition) is 2. The van der Waals surface area contributed by atoms with E-state index >= 15 is 0 Å². The number of piperazine rings is 1. The van der Waals surface area contributed by atoms with Gasteiger partial charge in [0.1, 0.15) is 0 Å². The zero-order valence-corrected chi connectivity index (χ0v) is 10.8. The summed E-state index contributed by atoms with van der Waals surface area (Å²) in [5, 5.41) is 3.32. The van der Waals surface area contributed by atoms with Crippen LogP contribution < -0.4 is 5.32 Å². The molecule has 3 heteroatoms. The van der Waals surface area contributed by atoms with Gasteiger partial charge in [-0.3, -0.25) is 4.79 Å². The molecule has 0 bridgehead atoms. The Bertz CT molecular complexity index is 258. The van der Waals surface area contributed by atoms with Crippen LogP contribution in [0.2, 0.25) is 0 Å². The van der Waals surface area contributed by atoms with E-state index in [-0.39, 0.29) is 11.4 Å². The highest BCUT2D eigenvalue weighted by molar-refractivity contribution is 5.87. The first-order valence-electron chi connectivity index (χ1n) is 5.81. The molecule has 0 saturated carbocycles. The lowest BCUT2D eigenvalue weighted by Gasteiger charge is -2.51. The van der Waals surface area contributed by atoms with E-state index in [9.17, 15) is 4.79 Å². The average Bonchev–Trinajstić information content (AvgIpc) is 2.13. The number of nitrogens with zero attached hydrogens (tertiary/aromatic N) is 1. The summed E-state index contributed by atoms with van der Waals surface area (Å²) in [5.74, 6) is 0.216. The van der Waals surface area contributed by atoms with Crippen LogP contribution in [0.4, 0.5) is 0 Å². The molecule has 1 fully saturated rings. The third kappa shape index (κ3) is 2.17. The minimum atomic E-state index is -0.418. The first-order valence-corrected chi connectivity index (χ1v) is 5.81. The van der Waals surface area contributed by atoms with Crippen LogP contribution in [-0.4, -0.2) is 34.5 Å². The van der Waals surface area contributed by atoms with Gasteiger partial charge in [-0.25, -0.2) is 0 Å². The number of rotatable bonds is 2. The van der Waals surface area contributed by atoms with E-state index in [1.165, 1.54) is 0 Å². The van der Waals surface area contributed by atoms with Crippen molar-refractivity contribution in [1.82, 2.24) is 10.2 Å². The SMILES string of the molecule is CCC(C)N1C(=O)C(C)(C)NCC1(C)C. The number of carbonyl (C=O) groups excluding carboxylic acids is 1. The summed E-state index contributed by atoms with van der Waals surface area (Å²) in [5.41, 5.74) is -0.499. The lowest BCUT2D eigenvalue weighted by Crippen LogP contribution is -2.71. The predicted octanol–water partition coefficient (Wildman–Crippen LogP) is 1.77. The van der Waals surface area contributed by atoms with Crippen LogP contribution >= 0.6 is 0 Å². The second-order valence-corrected chi connectivity index (χ2v) is 5.72. The van der Waals surface area contributed by atoms with Gasteiger partial charge in [-0.1, -0.05) is 6.92 Å². The summed E-state index contributed by atoms with van der Waals surface area (Å²) in [6, 6.07) is 0.314. The second kappa shape index (κ2) is 3.78. The third-order valence-electron chi connectivity index (χ3n) is 3.40. The minimum absolute atomic E-state index is 0.0813. The molecule has 15 heavy (non-hydrogen) atoms. The maximum Gasteiger partial charge on any atom is 0.243 e. The average molecular weight is 212 g/mol. The van der Waals surface area contributed by atoms with Gasteiger partial charge in [-0.2, -0.15) is 0 Å². The zero-order chi connectivity index (χ0) is 11.9. The van der Waals surface area contributed by atoms with Gasteiger partial charge >= 0.3 is 0 Å². The van der Waals surface area contributed by atoms with E-state index in [2.05, 4.69) is 33.0 Å². The highest BCUT2D eigenvalue weighted by atomic mass is 16.2. The smallest absolute Gasteiger partial charge is 0.243 e. The maximum absolute atomic E-state index is 12.3. The number of hydrogen-bond donors (Lipinski definition) is 1. The van der Waals surface area contributed by atoms with Gasteiger partial charge in [0.05, 0.1) is 11.1 Å². The molecule has 1 aliphatic heterocycles. The predicted molar refractivity (Wildman–Crippen MR) is 62.8 cm³/mol. The van der Waals surface area contributed by atoms with E-state index in [1.54, 1.807) is 0 Å². The van der Waals surface area contributed by atoms with Gasteiger partial charge in [0, 0.05) is 12.6 Å². The molecule has 88 valence electrons. The van der Waals surface area contributed by atoms with Crippen molar-refractivity contribution in [1.29, 1.82) is 0 Å². The van der Waals surface area contributed by atoms with Crippen molar-refractivity contribution in [3.8, 4) is 0 Å². The molecule has 1 rings (SSSR count). The van der Waals surface area contributed by atoms with Gasteiger partial charge in [0.15, 0.2) is 0 Å². The normalized spacial score (nSPS) is 26.5. The molecule has 0 aliphatic carbocycles. The van der Waals surface area contributed by atoms with Crippen molar-refractivity contribution in [3.05, 3.63) is 0 Å². The molecule has 1 amide bonds. The Hall–Kier alpha value is -0.570. The summed E-state index contributed by atoms with van der Waals surface area (Å²) < 4.78 is 0. The summed E-state index contributed by atoms with van der Waals surface area (Å²) in [6.07, 6.45) is 1.01. The van der Waals surface area contributed by atoms with Crippen LogP contribution in [0.15, 0.2) is 0 Å². The molecule has 1 aliphatic rings. The van der Waals surface area contributed by atoms with Crippen LogP contribution in [0.5, 0.6) is 0 Å². The summed E-state index contributed by atoms with van der Waals surface area (Å²) in [7, 11) is 0. The summed E-state index contributed by atoms with van der Waals surface area (Å²) in [4.78, 5) is 14.4. The van der Waals surface area contributed by atoms with Crippen molar-refractivity contribution in [2.45, 2.75) is 65.1 Å². The molecular formula is C12H24N2O. The lowest BCUT2D eigenvalue weighted by molar-refractivity contribution is -0.151. The van der Waals surface area contributed by atoms with Crippen LogP contribution in [-0.2, 0) is 4.79 Å². The van der Waals surface area contributed by atoms with Crippen molar-refractivity contribution in [3.63, 3.8) is 0 Å². The van der Waals surface area contributed by atoms with Gasteiger partial charge in [-0.15, -0.1) is 0 Å². The molecule has 1 heterocycles. The topological polar surface area (TPSA) is 32.3 Å². The Balaban J connectivity index is 3.00. The van der Waals surface area contributed by atoms with E-state index in [0.29, 0.717) is 6.04 Å². The fourth-order valence-corrected chi connectivity index (χ4v) is 2.15. The molecule has 0 aromatic carbocycles. The molecule has 1 N–H and O–H groups in total. The maximum atomic E-state index is 12.3. The summed E-state index contributed by atoms with van der Waals surface area (Å²) >= 11 is 0. The highest BCUT2D eigenvalue weighted by Crippen LogP contribution is 2.27. The van der Waals surface area contributed by atoms with Crippen LogP contribution in [0.25, 0.3) is 0 Å². The van der Waals surface area contributed by atoms with Crippen LogP contribution in [0, 0.1) is 0 Å². The largest absolute Gasteiger partial charge is 0.332 e. The van der Waals surface area contributed by atoms with E-state index in [4.69, 9.17) is 0 Å². The van der Waals surface area contributed by atoms with Gasteiger partial charge in [0.2, 0.25) is 5.91 Å². The van der Waals surface area contributed by atoms with E-state index in [0.717, 1.165) is 13.0 Å². The molecule has 1 atom stereocenters. The van der Waals surface area contributed by atoms with Crippen LogP contribution in [0.3, 0.4) is 0 Å². The molecule has 1 unspecified atom stereocenters. The molecule has 0 aromatic heterocycles. The number of nitrogens with one attached hydrogen (secondary N) is 1. The fourth-order valence-electron chi connectivity index (χ4n) is 2.15. The Kier molecular flexibility index (Phi) is 3.15. The standard InChI is InChI=1S/C12H24N2O/c1-7-9(2)14-10(15)12(5,6)13-8-11(14,3)4/h9,13H,7-8H2,1-6H3. The Morgan fingerprint density at radius 2 is 1.93 bits per heavy atom. The molecule has 1 saturated heterocycles. The van der Waals surface area contributed by atoms with E-state index < -0.39 is 5.54 Å². The van der Waals surface area contributed by atoms with Crippen molar-refractivity contribution >= 4 is 5.91 Å².